The molecule has 1 saturated carbocycles. The molecule has 1 aliphatic rings. The van der Waals surface area contributed by atoms with E-state index in [0.29, 0.717) is 17.9 Å². The molecule has 6 nitrogen and oxygen atoms in total. The predicted molar refractivity (Wildman–Crippen MR) is 108 cm³/mol. The summed E-state index contributed by atoms with van der Waals surface area (Å²) in [7, 11) is 0. The lowest BCUT2D eigenvalue weighted by molar-refractivity contribution is -0.126. The van der Waals surface area contributed by atoms with Crippen LogP contribution in [0.2, 0.25) is 0 Å². The van der Waals surface area contributed by atoms with E-state index in [1.165, 1.54) is 11.1 Å². The van der Waals surface area contributed by atoms with E-state index in [1.54, 1.807) is 11.3 Å². The van der Waals surface area contributed by atoms with Gasteiger partial charge in [-0.15, -0.1) is 11.3 Å². The molecule has 7 heteroatoms. The van der Waals surface area contributed by atoms with Crippen molar-refractivity contribution in [2.75, 3.05) is 0 Å². The number of carbonyl (C=O) groups excluding carboxylic acids is 1. The van der Waals surface area contributed by atoms with Crippen molar-refractivity contribution in [1.29, 1.82) is 0 Å². The zero-order valence-corrected chi connectivity index (χ0v) is 16.9. The molecule has 144 valence electrons. The largest absolute Gasteiger partial charge is 0.351 e. The molecule has 3 atom stereocenters. The van der Waals surface area contributed by atoms with Crippen molar-refractivity contribution >= 4 is 33.0 Å². The van der Waals surface area contributed by atoms with Gasteiger partial charge >= 0.3 is 0 Å². The second-order valence-corrected chi connectivity index (χ2v) is 8.58. The molecule has 0 bridgehead atoms. The van der Waals surface area contributed by atoms with Crippen LogP contribution in [0.15, 0.2) is 22.3 Å². The summed E-state index contributed by atoms with van der Waals surface area (Å²) in [5, 5.41) is 9.72. The van der Waals surface area contributed by atoms with Crippen LogP contribution in [0, 0.1) is 12.8 Å². The number of amides is 1. The average molecular weight is 387 g/mol. The summed E-state index contributed by atoms with van der Waals surface area (Å²) in [5.41, 5.74) is 1.38. The number of nitrogens with zero attached hydrogens (tertiary/aromatic N) is 3. The maximum atomic E-state index is 13.1. The molecular formula is C20H26N4O2S. The highest BCUT2D eigenvalue weighted by Crippen LogP contribution is 2.26. The molecule has 1 aliphatic carbocycles. The van der Waals surface area contributed by atoms with Crippen molar-refractivity contribution in [3.8, 4) is 0 Å². The highest BCUT2D eigenvalue weighted by Gasteiger charge is 2.28. The number of carbonyl (C=O) groups is 1. The molecule has 1 fully saturated rings. The van der Waals surface area contributed by atoms with Crippen molar-refractivity contribution in [3.63, 3.8) is 0 Å². The van der Waals surface area contributed by atoms with Crippen LogP contribution in [0.5, 0.6) is 0 Å². The SMILES string of the molecule is CC[C@H](C(=O)N[C@@H]1CCCC[C@@H]1C)n1nc(C)n2c(cc3sccc32)c1=O. The second kappa shape index (κ2) is 7.11. The Bertz CT molecular complexity index is 1050. The first-order valence-corrected chi connectivity index (χ1v) is 10.7. The van der Waals surface area contributed by atoms with Crippen LogP contribution in [-0.4, -0.2) is 26.1 Å². The van der Waals surface area contributed by atoms with Gasteiger partial charge in [0.1, 0.15) is 17.4 Å². The van der Waals surface area contributed by atoms with E-state index < -0.39 is 6.04 Å². The lowest BCUT2D eigenvalue weighted by Gasteiger charge is -2.31. The van der Waals surface area contributed by atoms with Gasteiger partial charge in [0.15, 0.2) is 0 Å². The molecule has 0 spiro atoms. The summed E-state index contributed by atoms with van der Waals surface area (Å²) in [6.45, 7) is 6.01. The predicted octanol–water partition coefficient (Wildman–Crippen LogP) is 3.67. The lowest BCUT2D eigenvalue weighted by atomic mass is 9.86. The van der Waals surface area contributed by atoms with Gasteiger partial charge in [-0.05, 0) is 49.6 Å². The fourth-order valence-electron chi connectivity index (χ4n) is 4.29. The molecular weight excluding hydrogens is 360 g/mol. The van der Waals surface area contributed by atoms with Crippen LogP contribution in [0.1, 0.15) is 57.8 Å². The van der Waals surface area contributed by atoms with Crippen molar-refractivity contribution < 1.29 is 4.79 Å². The highest BCUT2D eigenvalue weighted by molar-refractivity contribution is 7.17. The fourth-order valence-corrected chi connectivity index (χ4v) is 5.09. The average Bonchev–Trinajstić information content (AvgIpc) is 3.23. The topological polar surface area (TPSA) is 68.4 Å². The van der Waals surface area contributed by atoms with E-state index in [4.69, 9.17) is 0 Å². The second-order valence-electron chi connectivity index (χ2n) is 7.63. The van der Waals surface area contributed by atoms with Gasteiger partial charge in [0, 0.05) is 6.04 Å². The molecule has 0 radical (unpaired) electrons. The third-order valence-corrected chi connectivity index (χ3v) is 6.70. The summed E-state index contributed by atoms with van der Waals surface area (Å²) >= 11 is 1.60. The van der Waals surface area contributed by atoms with Crippen LogP contribution in [0.3, 0.4) is 0 Å². The van der Waals surface area contributed by atoms with Gasteiger partial charge in [-0.1, -0.05) is 26.7 Å². The van der Waals surface area contributed by atoms with Gasteiger partial charge in [0.05, 0.1) is 10.2 Å². The van der Waals surface area contributed by atoms with E-state index in [-0.39, 0.29) is 17.5 Å². The Morgan fingerprint density at radius 2 is 2.15 bits per heavy atom. The number of rotatable bonds is 4. The Hall–Kier alpha value is -2.15. The smallest absolute Gasteiger partial charge is 0.291 e. The first kappa shape index (κ1) is 18.2. The summed E-state index contributed by atoms with van der Waals surface area (Å²) in [6.07, 6.45) is 5.07. The quantitative estimate of drug-likeness (QED) is 0.744. The minimum absolute atomic E-state index is 0.0945. The number of aryl methyl sites for hydroxylation is 1. The van der Waals surface area contributed by atoms with Crippen molar-refractivity contribution in [2.24, 2.45) is 5.92 Å². The molecule has 0 unspecified atom stereocenters. The standard InChI is InChI=1S/C20H26N4O2S/c1-4-15(19(25)21-14-8-6-5-7-12(14)2)24-20(26)17-11-18-16(9-10-27-18)23(17)13(3)22-24/h9-12,14-15H,4-8H2,1-3H3,(H,21,25)/t12-,14+,15+/m0/s1. The zero-order valence-electron chi connectivity index (χ0n) is 16.1. The summed E-state index contributed by atoms with van der Waals surface area (Å²) in [6, 6.07) is 3.52. The number of aromatic nitrogens is 3. The number of fused-ring (bicyclic) bond motifs is 3. The Morgan fingerprint density at radius 1 is 1.37 bits per heavy atom. The normalized spacial score (nSPS) is 21.6. The third-order valence-electron chi connectivity index (χ3n) is 5.85. The minimum Gasteiger partial charge on any atom is -0.351 e. The molecule has 1 N–H and O–H groups in total. The van der Waals surface area contributed by atoms with Crippen LogP contribution < -0.4 is 10.9 Å². The van der Waals surface area contributed by atoms with Gasteiger partial charge in [0.2, 0.25) is 5.91 Å². The Kier molecular flexibility index (Phi) is 4.80. The summed E-state index contributed by atoms with van der Waals surface area (Å²) in [5.74, 6) is 1.10. The van der Waals surface area contributed by atoms with E-state index in [9.17, 15) is 9.59 Å². The monoisotopic (exact) mass is 386 g/mol. The molecule has 0 saturated heterocycles. The van der Waals surface area contributed by atoms with E-state index in [0.717, 1.165) is 35.3 Å². The molecule has 3 aromatic rings. The van der Waals surface area contributed by atoms with Crippen molar-refractivity contribution in [2.45, 2.75) is 65.0 Å². The number of nitrogens with one attached hydrogen (secondary N) is 1. The van der Waals surface area contributed by atoms with Gasteiger partial charge in [0.25, 0.3) is 5.56 Å². The molecule has 0 aromatic carbocycles. The van der Waals surface area contributed by atoms with Crippen LogP contribution in [0.25, 0.3) is 15.7 Å². The molecule has 4 rings (SSSR count). The maximum absolute atomic E-state index is 13.1. The van der Waals surface area contributed by atoms with Crippen LogP contribution >= 0.6 is 11.3 Å². The minimum atomic E-state index is -0.580. The molecule has 0 aliphatic heterocycles. The zero-order chi connectivity index (χ0) is 19.1. The van der Waals surface area contributed by atoms with Crippen LogP contribution in [-0.2, 0) is 4.79 Å². The summed E-state index contributed by atoms with van der Waals surface area (Å²) in [4.78, 5) is 26.1. The Labute approximate surface area is 162 Å². The molecule has 27 heavy (non-hydrogen) atoms. The Morgan fingerprint density at radius 3 is 2.89 bits per heavy atom. The third kappa shape index (κ3) is 3.08. The van der Waals surface area contributed by atoms with Gasteiger partial charge in [-0.2, -0.15) is 5.10 Å². The van der Waals surface area contributed by atoms with Crippen molar-refractivity contribution in [3.05, 3.63) is 33.7 Å². The highest BCUT2D eigenvalue weighted by atomic mass is 32.1. The van der Waals surface area contributed by atoms with E-state index in [2.05, 4.69) is 17.3 Å². The number of hydrogen-bond acceptors (Lipinski definition) is 4. The van der Waals surface area contributed by atoms with Gasteiger partial charge in [-0.3, -0.25) is 14.0 Å². The lowest BCUT2D eigenvalue weighted by Crippen LogP contribution is -2.46. The number of hydrogen-bond donors (Lipinski definition) is 1. The van der Waals surface area contributed by atoms with Crippen LogP contribution in [0.4, 0.5) is 0 Å². The van der Waals surface area contributed by atoms with E-state index in [1.807, 2.05) is 35.8 Å². The van der Waals surface area contributed by atoms with Gasteiger partial charge in [-0.25, -0.2) is 4.68 Å². The molecule has 3 aromatic heterocycles. The van der Waals surface area contributed by atoms with Gasteiger partial charge < -0.3 is 5.32 Å². The molecule has 1 amide bonds. The summed E-state index contributed by atoms with van der Waals surface area (Å²) < 4.78 is 4.33. The first-order valence-electron chi connectivity index (χ1n) is 9.79. The number of thiophene rings is 1. The molecule has 3 heterocycles. The maximum Gasteiger partial charge on any atom is 0.291 e. The fraction of sp³-hybridized carbons (Fsp3) is 0.550. The van der Waals surface area contributed by atoms with Crippen molar-refractivity contribution in [1.82, 2.24) is 19.5 Å². The van der Waals surface area contributed by atoms with E-state index >= 15 is 0 Å². The first-order chi connectivity index (χ1) is 13.0. The Balaban J connectivity index is 1.71.